The van der Waals surface area contributed by atoms with Crippen LogP contribution >= 0.6 is 0 Å². The molecular weight excluding hydrogens is 242 g/mol. The molecule has 1 aliphatic rings. The molecule has 3 unspecified atom stereocenters. The molecule has 3 atom stereocenters. The summed E-state index contributed by atoms with van der Waals surface area (Å²) >= 11 is 0. The van der Waals surface area contributed by atoms with Crippen molar-refractivity contribution in [2.24, 2.45) is 0 Å². The standard InChI is InChI=1S/C15H23NO3/c1-10-5-6-13(17)12(7-10)11(2)16-8-14(18-3)15(9-16)19-4/h5-7,11,14-15,17H,8-9H2,1-4H3. The van der Waals surface area contributed by atoms with Crippen molar-refractivity contribution in [1.82, 2.24) is 4.90 Å². The van der Waals surface area contributed by atoms with Gasteiger partial charge in [-0.05, 0) is 19.9 Å². The summed E-state index contributed by atoms with van der Waals surface area (Å²) in [5.41, 5.74) is 2.12. The van der Waals surface area contributed by atoms with Gasteiger partial charge in [-0.3, -0.25) is 4.90 Å². The second kappa shape index (κ2) is 5.90. The minimum Gasteiger partial charge on any atom is -0.508 e. The van der Waals surface area contributed by atoms with Crippen LogP contribution in [-0.2, 0) is 9.47 Å². The third-order valence-corrected chi connectivity index (χ3v) is 4.03. The molecule has 1 heterocycles. The number of rotatable bonds is 4. The highest BCUT2D eigenvalue weighted by Gasteiger charge is 2.36. The first kappa shape index (κ1) is 14.3. The van der Waals surface area contributed by atoms with Crippen molar-refractivity contribution in [3.05, 3.63) is 29.3 Å². The van der Waals surface area contributed by atoms with E-state index in [2.05, 4.69) is 11.8 Å². The average molecular weight is 265 g/mol. The molecule has 1 aliphatic heterocycles. The summed E-state index contributed by atoms with van der Waals surface area (Å²) in [7, 11) is 3.43. The number of aromatic hydroxyl groups is 1. The first-order valence-corrected chi connectivity index (χ1v) is 6.66. The van der Waals surface area contributed by atoms with Crippen LogP contribution in [0.3, 0.4) is 0 Å². The predicted molar refractivity (Wildman–Crippen MR) is 74.4 cm³/mol. The number of phenols is 1. The van der Waals surface area contributed by atoms with Crippen molar-refractivity contribution in [3.8, 4) is 5.75 Å². The lowest BCUT2D eigenvalue weighted by molar-refractivity contribution is -0.00461. The van der Waals surface area contributed by atoms with Gasteiger partial charge in [0.2, 0.25) is 0 Å². The Morgan fingerprint density at radius 2 is 1.79 bits per heavy atom. The highest BCUT2D eigenvalue weighted by Crippen LogP contribution is 2.32. The van der Waals surface area contributed by atoms with Crippen LogP contribution in [0.4, 0.5) is 0 Å². The van der Waals surface area contributed by atoms with E-state index in [0.29, 0.717) is 5.75 Å². The summed E-state index contributed by atoms with van der Waals surface area (Å²) in [5, 5.41) is 10.0. The summed E-state index contributed by atoms with van der Waals surface area (Å²) < 4.78 is 10.9. The van der Waals surface area contributed by atoms with Crippen LogP contribution in [0.5, 0.6) is 5.75 Å². The van der Waals surface area contributed by atoms with Crippen LogP contribution in [0.1, 0.15) is 24.1 Å². The number of hydrogen-bond donors (Lipinski definition) is 1. The maximum absolute atomic E-state index is 10.0. The van der Waals surface area contributed by atoms with Crippen molar-refractivity contribution < 1.29 is 14.6 Å². The molecule has 1 fully saturated rings. The number of methoxy groups -OCH3 is 2. The maximum Gasteiger partial charge on any atom is 0.120 e. The van der Waals surface area contributed by atoms with E-state index in [0.717, 1.165) is 24.2 Å². The Morgan fingerprint density at radius 3 is 2.32 bits per heavy atom. The molecule has 1 aromatic rings. The van der Waals surface area contributed by atoms with Gasteiger partial charge >= 0.3 is 0 Å². The van der Waals surface area contributed by atoms with Crippen LogP contribution in [0.2, 0.25) is 0 Å². The summed E-state index contributed by atoms with van der Waals surface area (Å²) in [4.78, 5) is 2.29. The Bertz CT molecular complexity index is 423. The van der Waals surface area contributed by atoms with E-state index in [1.165, 1.54) is 0 Å². The quantitative estimate of drug-likeness (QED) is 0.905. The molecule has 0 amide bonds. The van der Waals surface area contributed by atoms with Crippen LogP contribution in [0.15, 0.2) is 18.2 Å². The fraction of sp³-hybridized carbons (Fsp3) is 0.600. The second-order valence-electron chi connectivity index (χ2n) is 5.24. The lowest BCUT2D eigenvalue weighted by atomic mass is 10.0. The lowest BCUT2D eigenvalue weighted by Crippen LogP contribution is -2.27. The molecular formula is C15H23NO3. The number of ether oxygens (including phenoxy) is 2. The van der Waals surface area contributed by atoms with Gasteiger partial charge < -0.3 is 14.6 Å². The number of phenolic OH excluding ortho intramolecular Hbond substituents is 1. The molecule has 0 spiro atoms. The highest BCUT2D eigenvalue weighted by atomic mass is 16.5. The van der Waals surface area contributed by atoms with E-state index in [4.69, 9.17) is 9.47 Å². The van der Waals surface area contributed by atoms with Gasteiger partial charge in [-0.1, -0.05) is 17.7 Å². The number of aryl methyl sites for hydroxylation is 1. The first-order valence-electron chi connectivity index (χ1n) is 6.66. The fourth-order valence-electron chi connectivity index (χ4n) is 2.75. The Balaban J connectivity index is 2.16. The van der Waals surface area contributed by atoms with Crippen molar-refractivity contribution in [1.29, 1.82) is 0 Å². The molecule has 1 N–H and O–H groups in total. The van der Waals surface area contributed by atoms with Gasteiger partial charge in [0.25, 0.3) is 0 Å². The zero-order valence-corrected chi connectivity index (χ0v) is 12.1. The zero-order chi connectivity index (χ0) is 14.0. The number of likely N-dealkylation sites (tertiary alicyclic amines) is 1. The summed E-state index contributed by atoms with van der Waals surface area (Å²) in [6.45, 7) is 5.79. The number of benzene rings is 1. The Hall–Kier alpha value is -1.10. The second-order valence-corrected chi connectivity index (χ2v) is 5.24. The molecule has 1 saturated heterocycles. The van der Waals surface area contributed by atoms with Crippen molar-refractivity contribution in [3.63, 3.8) is 0 Å². The monoisotopic (exact) mass is 265 g/mol. The minimum absolute atomic E-state index is 0.0967. The van der Waals surface area contributed by atoms with E-state index in [9.17, 15) is 5.11 Å². The van der Waals surface area contributed by atoms with Gasteiger partial charge in [0.1, 0.15) is 5.75 Å². The van der Waals surface area contributed by atoms with E-state index in [1.54, 1.807) is 20.3 Å². The minimum atomic E-state index is 0.0967. The van der Waals surface area contributed by atoms with E-state index >= 15 is 0 Å². The Labute approximate surface area is 114 Å². The van der Waals surface area contributed by atoms with Gasteiger partial charge in [0, 0.05) is 38.9 Å². The molecule has 4 heteroatoms. The van der Waals surface area contributed by atoms with E-state index in [-0.39, 0.29) is 18.2 Å². The SMILES string of the molecule is COC1CN(C(C)c2cc(C)ccc2O)CC1OC. The summed E-state index contributed by atoms with van der Waals surface area (Å²) in [6.07, 6.45) is 0.193. The van der Waals surface area contributed by atoms with Gasteiger partial charge in [-0.15, -0.1) is 0 Å². The average Bonchev–Trinajstić information content (AvgIpc) is 2.84. The highest BCUT2D eigenvalue weighted by molar-refractivity contribution is 5.37. The summed E-state index contributed by atoms with van der Waals surface area (Å²) in [5.74, 6) is 0.355. The molecule has 2 rings (SSSR count). The van der Waals surface area contributed by atoms with Gasteiger partial charge in [0.05, 0.1) is 12.2 Å². The molecule has 19 heavy (non-hydrogen) atoms. The number of nitrogens with zero attached hydrogens (tertiary/aromatic N) is 1. The van der Waals surface area contributed by atoms with Gasteiger partial charge in [-0.2, -0.15) is 0 Å². The van der Waals surface area contributed by atoms with Gasteiger partial charge in [-0.25, -0.2) is 0 Å². The largest absolute Gasteiger partial charge is 0.508 e. The Kier molecular flexibility index (Phi) is 4.45. The first-order chi connectivity index (χ1) is 9.06. The third-order valence-electron chi connectivity index (χ3n) is 4.03. The smallest absolute Gasteiger partial charge is 0.120 e. The van der Waals surface area contributed by atoms with Crippen LogP contribution in [0.25, 0.3) is 0 Å². The van der Waals surface area contributed by atoms with Crippen molar-refractivity contribution >= 4 is 0 Å². The molecule has 1 aromatic carbocycles. The van der Waals surface area contributed by atoms with Crippen molar-refractivity contribution in [2.75, 3.05) is 27.3 Å². The van der Waals surface area contributed by atoms with E-state index in [1.807, 2.05) is 19.1 Å². The van der Waals surface area contributed by atoms with E-state index < -0.39 is 0 Å². The molecule has 0 bridgehead atoms. The third kappa shape index (κ3) is 2.91. The molecule has 0 radical (unpaired) electrons. The molecule has 0 aliphatic carbocycles. The molecule has 4 nitrogen and oxygen atoms in total. The van der Waals surface area contributed by atoms with Crippen LogP contribution < -0.4 is 0 Å². The van der Waals surface area contributed by atoms with Crippen LogP contribution in [0, 0.1) is 6.92 Å². The molecule has 106 valence electrons. The predicted octanol–water partition coefficient (Wildman–Crippen LogP) is 2.11. The lowest BCUT2D eigenvalue weighted by Gasteiger charge is -2.25. The number of hydrogen-bond acceptors (Lipinski definition) is 4. The van der Waals surface area contributed by atoms with Gasteiger partial charge in [0.15, 0.2) is 0 Å². The Morgan fingerprint density at radius 1 is 1.21 bits per heavy atom. The van der Waals surface area contributed by atoms with Crippen LogP contribution in [-0.4, -0.2) is 49.5 Å². The maximum atomic E-state index is 10.0. The molecule has 0 aromatic heterocycles. The summed E-state index contributed by atoms with van der Waals surface area (Å²) in [6, 6.07) is 5.88. The fourth-order valence-corrected chi connectivity index (χ4v) is 2.75. The topological polar surface area (TPSA) is 41.9 Å². The normalized spacial score (nSPS) is 25.7. The zero-order valence-electron chi connectivity index (χ0n) is 12.1. The molecule has 0 saturated carbocycles. The van der Waals surface area contributed by atoms with Crippen molar-refractivity contribution in [2.45, 2.75) is 32.1 Å².